The summed E-state index contributed by atoms with van der Waals surface area (Å²) in [4.78, 5) is 35.6. The summed E-state index contributed by atoms with van der Waals surface area (Å²) in [7, 11) is 0. The summed E-state index contributed by atoms with van der Waals surface area (Å²) in [6, 6.07) is 16.4. The first-order valence-corrected chi connectivity index (χ1v) is 13.9. The molecule has 38 heavy (non-hydrogen) atoms. The van der Waals surface area contributed by atoms with Gasteiger partial charge in [-0.2, -0.15) is 0 Å². The van der Waals surface area contributed by atoms with Gasteiger partial charge < -0.3 is 9.47 Å². The summed E-state index contributed by atoms with van der Waals surface area (Å²) in [5.41, 5.74) is 3.32. The number of carbonyl (C=O) groups is 1. The molecule has 0 aliphatic carbocycles. The third-order valence-electron chi connectivity index (χ3n) is 8.35. The molecule has 1 aromatic carbocycles. The van der Waals surface area contributed by atoms with Crippen molar-refractivity contribution in [3.63, 3.8) is 0 Å². The smallest absolute Gasteiger partial charge is 0.329 e. The maximum absolute atomic E-state index is 13.6. The van der Waals surface area contributed by atoms with Crippen LogP contribution in [0.5, 0.6) is 0 Å². The molecule has 2 saturated heterocycles. The molecule has 6 rings (SSSR count). The second kappa shape index (κ2) is 11.0. The SMILES string of the molecule is O=C(C1CCN(Cc2ccncc2)CC1)N1CCC(n2c(=O)n(CCn3cccc3)c3ccccc32)CC1. The molecule has 2 aliphatic heterocycles. The number of hydrogen-bond acceptors (Lipinski definition) is 4. The molecule has 4 aromatic rings. The first kappa shape index (κ1) is 24.7. The molecule has 5 heterocycles. The molecular weight excluding hydrogens is 476 g/mol. The number of aryl methyl sites for hydroxylation is 2. The molecule has 0 N–H and O–H groups in total. The molecule has 2 aliphatic rings. The van der Waals surface area contributed by atoms with Crippen molar-refractivity contribution in [1.29, 1.82) is 0 Å². The van der Waals surface area contributed by atoms with Crippen molar-refractivity contribution in [3.05, 3.63) is 89.4 Å². The molecular formula is C30H36N6O2. The van der Waals surface area contributed by atoms with Gasteiger partial charge >= 0.3 is 5.69 Å². The van der Waals surface area contributed by atoms with E-state index in [2.05, 4.69) is 37.5 Å². The standard InChI is InChI=1S/C30H36N6O2/c37-29(25-9-17-33(18-10-25)23-24-7-13-31-14-8-24)34-19-11-26(12-20-34)36-28-6-2-1-5-27(28)35(30(36)38)22-21-32-15-3-4-16-32/h1-8,13-16,25-26H,9-12,17-23H2. The number of likely N-dealkylation sites (tertiary alicyclic amines) is 2. The second-order valence-corrected chi connectivity index (χ2v) is 10.7. The van der Waals surface area contributed by atoms with E-state index in [1.807, 2.05) is 64.3 Å². The van der Waals surface area contributed by atoms with E-state index in [1.54, 1.807) is 0 Å². The molecule has 0 saturated carbocycles. The number of aromatic nitrogens is 4. The molecule has 2 fully saturated rings. The van der Waals surface area contributed by atoms with E-state index >= 15 is 0 Å². The number of imidazole rings is 1. The number of pyridine rings is 1. The number of rotatable bonds is 7. The van der Waals surface area contributed by atoms with Gasteiger partial charge in [0.25, 0.3) is 0 Å². The van der Waals surface area contributed by atoms with Gasteiger partial charge in [-0.3, -0.25) is 23.8 Å². The Balaban J connectivity index is 1.08. The van der Waals surface area contributed by atoms with Crippen LogP contribution < -0.4 is 5.69 Å². The van der Waals surface area contributed by atoms with E-state index in [1.165, 1.54) is 5.56 Å². The van der Waals surface area contributed by atoms with E-state index in [4.69, 9.17) is 0 Å². The third-order valence-corrected chi connectivity index (χ3v) is 8.35. The monoisotopic (exact) mass is 512 g/mol. The minimum Gasteiger partial charge on any atom is -0.352 e. The lowest BCUT2D eigenvalue weighted by Gasteiger charge is -2.37. The number of benzene rings is 1. The van der Waals surface area contributed by atoms with Gasteiger partial charge in [0.1, 0.15) is 0 Å². The van der Waals surface area contributed by atoms with Crippen LogP contribution >= 0.6 is 0 Å². The number of nitrogens with zero attached hydrogens (tertiary/aromatic N) is 6. The number of hydrogen-bond donors (Lipinski definition) is 0. The number of fused-ring (bicyclic) bond motifs is 1. The van der Waals surface area contributed by atoms with Crippen molar-refractivity contribution in [1.82, 2.24) is 28.5 Å². The van der Waals surface area contributed by atoms with E-state index in [-0.39, 0.29) is 17.6 Å². The fraction of sp³-hybridized carbons (Fsp3) is 0.433. The highest BCUT2D eigenvalue weighted by molar-refractivity contribution is 5.79. The zero-order valence-corrected chi connectivity index (χ0v) is 21.9. The van der Waals surface area contributed by atoms with Gasteiger partial charge in [0.15, 0.2) is 0 Å². The van der Waals surface area contributed by atoms with Gasteiger partial charge in [-0.1, -0.05) is 12.1 Å². The van der Waals surface area contributed by atoms with Crippen molar-refractivity contribution < 1.29 is 4.79 Å². The van der Waals surface area contributed by atoms with E-state index in [0.29, 0.717) is 12.5 Å². The fourth-order valence-electron chi connectivity index (χ4n) is 6.22. The zero-order valence-electron chi connectivity index (χ0n) is 21.9. The van der Waals surface area contributed by atoms with Crippen LogP contribution in [0.3, 0.4) is 0 Å². The van der Waals surface area contributed by atoms with Crippen molar-refractivity contribution in [2.75, 3.05) is 26.2 Å². The normalized spacial score (nSPS) is 17.8. The first-order valence-electron chi connectivity index (χ1n) is 13.9. The lowest BCUT2D eigenvalue weighted by Crippen LogP contribution is -2.46. The maximum atomic E-state index is 13.6. The number of carbonyl (C=O) groups excluding carboxylic acids is 1. The molecule has 8 heteroatoms. The van der Waals surface area contributed by atoms with Gasteiger partial charge in [0, 0.05) is 69.5 Å². The highest BCUT2D eigenvalue weighted by Crippen LogP contribution is 2.28. The largest absolute Gasteiger partial charge is 0.352 e. The summed E-state index contributed by atoms with van der Waals surface area (Å²) in [5, 5.41) is 0. The van der Waals surface area contributed by atoms with Crippen LogP contribution in [0.2, 0.25) is 0 Å². The predicted octanol–water partition coefficient (Wildman–Crippen LogP) is 3.78. The van der Waals surface area contributed by atoms with Crippen molar-refractivity contribution in [3.8, 4) is 0 Å². The van der Waals surface area contributed by atoms with Gasteiger partial charge in [-0.25, -0.2) is 4.79 Å². The van der Waals surface area contributed by atoms with Crippen molar-refractivity contribution >= 4 is 16.9 Å². The Morgan fingerprint density at radius 1 is 0.816 bits per heavy atom. The Bertz CT molecular complexity index is 1410. The molecule has 0 spiro atoms. The summed E-state index contributed by atoms with van der Waals surface area (Å²) < 4.78 is 6.00. The Morgan fingerprint density at radius 2 is 1.50 bits per heavy atom. The number of amides is 1. The quantitative estimate of drug-likeness (QED) is 0.378. The minimum absolute atomic E-state index is 0.0599. The van der Waals surface area contributed by atoms with Crippen LogP contribution in [-0.2, 0) is 24.4 Å². The van der Waals surface area contributed by atoms with Crippen molar-refractivity contribution in [2.24, 2.45) is 5.92 Å². The van der Waals surface area contributed by atoms with Crippen LogP contribution in [0.25, 0.3) is 11.0 Å². The van der Waals surface area contributed by atoms with Crippen molar-refractivity contribution in [2.45, 2.75) is 51.4 Å². The molecule has 1 amide bonds. The van der Waals surface area contributed by atoms with E-state index in [0.717, 1.165) is 76.0 Å². The molecule has 0 unspecified atom stereocenters. The lowest BCUT2D eigenvalue weighted by molar-refractivity contribution is -0.138. The first-order chi connectivity index (χ1) is 18.7. The highest BCUT2D eigenvalue weighted by Gasteiger charge is 2.32. The number of piperidine rings is 2. The fourth-order valence-corrected chi connectivity index (χ4v) is 6.22. The maximum Gasteiger partial charge on any atom is 0.329 e. The van der Waals surface area contributed by atoms with Crippen LogP contribution in [0.1, 0.15) is 37.3 Å². The molecule has 198 valence electrons. The summed E-state index contributed by atoms with van der Waals surface area (Å²) in [6.07, 6.45) is 11.2. The predicted molar refractivity (Wildman–Crippen MR) is 148 cm³/mol. The summed E-state index contributed by atoms with van der Waals surface area (Å²) >= 11 is 0. The van der Waals surface area contributed by atoms with Gasteiger partial charge in [0.2, 0.25) is 5.91 Å². The lowest BCUT2D eigenvalue weighted by atomic mass is 9.93. The van der Waals surface area contributed by atoms with Crippen LogP contribution in [-0.4, -0.2) is 60.6 Å². The zero-order chi connectivity index (χ0) is 25.9. The summed E-state index contributed by atoms with van der Waals surface area (Å²) in [5.74, 6) is 0.409. The second-order valence-electron chi connectivity index (χ2n) is 10.7. The molecule has 0 radical (unpaired) electrons. The topological polar surface area (TPSA) is 68.3 Å². The average molecular weight is 513 g/mol. The molecule has 8 nitrogen and oxygen atoms in total. The summed E-state index contributed by atoms with van der Waals surface area (Å²) in [6.45, 7) is 5.66. The molecule has 0 atom stereocenters. The number of para-hydroxylation sites is 2. The average Bonchev–Trinajstić information content (AvgIpc) is 3.58. The minimum atomic E-state index is 0.0599. The Morgan fingerprint density at radius 3 is 2.21 bits per heavy atom. The van der Waals surface area contributed by atoms with E-state index < -0.39 is 0 Å². The van der Waals surface area contributed by atoms with Crippen LogP contribution in [0, 0.1) is 5.92 Å². The highest BCUT2D eigenvalue weighted by atomic mass is 16.2. The van der Waals surface area contributed by atoms with Crippen LogP contribution in [0.15, 0.2) is 78.1 Å². The molecule has 3 aromatic heterocycles. The van der Waals surface area contributed by atoms with Gasteiger partial charge in [0.05, 0.1) is 11.0 Å². The van der Waals surface area contributed by atoms with Gasteiger partial charge in [-0.05, 0) is 80.7 Å². The van der Waals surface area contributed by atoms with Gasteiger partial charge in [-0.15, -0.1) is 0 Å². The van der Waals surface area contributed by atoms with E-state index in [9.17, 15) is 9.59 Å². The Kier molecular flexibility index (Phi) is 7.14. The van der Waals surface area contributed by atoms with Crippen LogP contribution in [0.4, 0.5) is 0 Å². The Labute approximate surface area is 223 Å². The molecule has 0 bridgehead atoms. The third kappa shape index (κ3) is 5.05. The Hall–Kier alpha value is -3.65.